The highest BCUT2D eigenvalue weighted by molar-refractivity contribution is 5.76. The van der Waals surface area contributed by atoms with Crippen LogP contribution in [0, 0.1) is 12.7 Å². The number of carbonyl (C=O) groups excluding carboxylic acids is 1. The van der Waals surface area contributed by atoms with Gasteiger partial charge in [-0.2, -0.15) is 4.98 Å². The molecular formula is C23H22FN7O2. The zero-order chi connectivity index (χ0) is 22.8. The Morgan fingerprint density at radius 1 is 1.06 bits per heavy atom. The fraction of sp³-hybridized carbons (Fsp3) is 0.261. The second-order valence-electron chi connectivity index (χ2n) is 7.78. The van der Waals surface area contributed by atoms with Crippen LogP contribution in [0.1, 0.15) is 5.82 Å². The van der Waals surface area contributed by atoms with Crippen LogP contribution in [0.15, 0.2) is 59.5 Å². The Morgan fingerprint density at radius 2 is 1.82 bits per heavy atom. The van der Waals surface area contributed by atoms with Gasteiger partial charge in [0, 0.05) is 50.3 Å². The van der Waals surface area contributed by atoms with Crippen molar-refractivity contribution in [3.05, 3.63) is 66.6 Å². The number of anilines is 1. The Hall–Kier alpha value is -4.08. The number of halogens is 1. The highest BCUT2D eigenvalue weighted by Crippen LogP contribution is 2.22. The molecule has 1 fully saturated rings. The second-order valence-corrected chi connectivity index (χ2v) is 7.78. The molecule has 0 spiro atoms. The lowest BCUT2D eigenvalue weighted by Gasteiger charge is -2.36. The van der Waals surface area contributed by atoms with E-state index in [1.807, 2.05) is 17.9 Å². The number of aromatic nitrogens is 5. The average molecular weight is 447 g/mol. The number of aryl methyl sites for hydroxylation is 1. The van der Waals surface area contributed by atoms with Gasteiger partial charge in [-0.25, -0.2) is 9.37 Å². The number of hydrogen-bond acceptors (Lipinski definition) is 7. The van der Waals surface area contributed by atoms with Gasteiger partial charge in [-0.1, -0.05) is 17.3 Å². The van der Waals surface area contributed by atoms with E-state index in [-0.39, 0.29) is 18.3 Å². The average Bonchev–Trinajstić information content (AvgIpc) is 3.47. The SMILES string of the molecule is Cc1nc(-c2noc(-c3ccncc3)n2)cn1CC(=O)N1CCN(c2ccccc2F)CC1. The first-order valence-corrected chi connectivity index (χ1v) is 10.6. The fourth-order valence-corrected chi connectivity index (χ4v) is 3.87. The third-order valence-electron chi connectivity index (χ3n) is 5.69. The fourth-order valence-electron chi connectivity index (χ4n) is 3.87. The number of rotatable bonds is 5. The van der Waals surface area contributed by atoms with E-state index >= 15 is 0 Å². The van der Waals surface area contributed by atoms with Crippen LogP contribution < -0.4 is 4.90 Å². The summed E-state index contributed by atoms with van der Waals surface area (Å²) in [4.78, 5) is 29.5. The largest absolute Gasteiger partial charge is 0.366 e. The number of hydrogen-bond donors (Lipinski definition) is 0. The van der Waals surface area contributed by atoms with E-state index < -0.39 is 0 Å². The van der Waals surface area contributed by atoms with Crippen LogP contribution in [0.2, 0.25) is 0 Å². The Balaban J connectivity index is 1.23. The molecule has 10 heteroatoms. The summed E-state index contributed by atoms with van der Waals surface area (Å²) >= 11 is 0. The number of pyridine rings is 1. The van der Waals surface area contributed by atoms with E-state index in [1.165, 1.54) is 6.07 Å². The van der Waals surface area contributed by atoms with Gasteiger partial charge < -0.3 is 18.9 Å². The Kier molecular flexibility index (Phi) is 5.55. The minimum absolute atomic E-state index is 0.0131. The van der Waals surface area contributed by atoms with Gasteiger partial charge in [-0.05, 0) is 31.2 Å². The number of para-hydroxylation sites is 1. The van der Waals surface area contributed by atoms with Crippen LogP contribution in [-0.2, 0) is 11.3 Å². The van der Waals surface area contributed by atoms with Crippen LogP contribution in [0.3, 0.4) is 0 Å². The zero-order valence-electron chi connectivity index (χ0n) is 18.1. The predicted octanol–water partition coefficient (Wildman–Crippen LogP) is 2.79. The molecule has 1 aliphatic rings. The van der Waals surface area contributed by atoms with E-state index in [0.29, 0.717) is 55.1 Å². The van der Waals surface area contributed by atoms with Gasteiger partial charge in [0.05, 0.1) is 5.69 Å². The van der Waals surface area contributed by atoms with Crippen molar-refractivity contribution in [1.29, 1.82) is 0 Å². The Bertz CT molecular complexity index is 1260. The minimum Gasteiger partial charge on any atom is -0.366 e. The molecule has 0 bridgehead atoms. The van der Waals surface area contributed by atoms with Crippen LogP contribution in [-0.4, -0.2) is 61.7 Å². The first-order chi connectivity index (χ1) is 16.1. The standard InChI is InChI=1S/C23H22FN7O2/c1-16-26-19(22-27-23(33-28-22)17-6-8-25-9-7-17)14-31(16)15-21(32)30-12-10-29(11-13-30)20-5-3-2-4-18(20)24/h2-9,14H,10-13,15H2,1H3. The molecule has 5 rings (SSSR count). The minimum atomic E-state index is -0.243. The summed E-state index contributed by atoms with van der Waals surface area (Å²) in [6, 6.07) is 10.3. The number of carbonyl (C=O) groups is 1. The van der Waals surface area contributed by atoms with Crippen molar-refractivity contribution >= 4 is 11.6 Å². The van der Waals surface area contributed by atoms with Crippen LogP contribution in [0.4, 0.5) is 10.1 Å². The van der Waals surface area contributed by atoms with E-state index in [2.05, 4.69) is 20.1 Å². The lowest BCUT2D eigenvalue weighted by Crippen LogP contribution is -2.49. The summed E-state index contributed by atoms with van der Waals surface area (Å²) < 4.78 is 21.2. The summed E-state index contributed by atoms with van der Waals surface area (Å²) in [6.45, 7) is 4.23. The van der Waals surface area contributed by atoms with Crippen LogP contribution in [0.5, 0.6) is 0 Å². The molecule has 0 radical (unpaired) electrons. The summed E-state index contributed by atoms with van der Waals surface area (Å²) in [5.74, 6) is 1.16. The van der Waals surface area contributed by atoms with Crippen molar-refractivity contribution in [1.82, 2.24) is 29.6 Å². The van der Waals surface area contributed by atoms with Crippen LogP contribution in [0.25, 0.3) is 23.0 Å². The van der Waals surface area contributed by atoms with Crippen LogP contribution >= 0.6 is 0 Å². The molecule has 1 aromatic carbocycles. The molecule has 0 aliphatic carbocycles. The molecule has 33 heavy (non-hydrogen) atoms. The maximum absolute atomic E-state index is 14.0. The summed E-state index contributed by atoms with van der Waals surface area (Å²) in [6.07, 6.45) is 5.06. The van der Waals surface area contributed by atoms with Crippen molar-refractivity contribution in [2.24, 2.45) is 0 Å². The van der Waals surface area contributed by atoms with E-state index in [9.17, 15) is 9.18 Å². The predicted molar refractivity (Wildman–Crippen MR) is 119 cm³/mol. The van der Waals surface area contributed by atoms with Gasteiger partial charge in [0.2, 0.25) is 11.7 Å². The van der Waals surface area contributed by atoms with Gasteiger partial charge in [0.15, 0.2) is 0 Å². The summed E-state index contributed by atoms with van der Waals surface area (Å²) in [5, 5.41) is 4.02. The van der Waals surface area contributed by atoms with E-state index in [4.69, 9.17) is 4.52 Å². The number of amides is 1. The van der Waals surface area contributed by atoms with Crippen molar-refractivity contribution in [2.45, 2.75) is 13.5 Å². The molecule has 4 heterocycles. The van der Waals surface area contributed by atoms with Crippen molar-refractivity contribution in [2.75, 3.05) is 31.1 Å². The first kappa shape index (κ1) is 20.8. The molecule has 3 aromatic heterocycles. The van der Waals surface area contributed by atoms with Crippen molar-refractivity contribution < 1.29 is 13.7 Å². The van der Waals surface area contributed by atoms with E-state index in [1.54, 1.807) is 52.3 Å². The molecule has 1 saturated heterocycles. The smallest absolute Gasteiger partial charge is 0.258 e. The van der Waals surface area contributed by atoms with Crippen molar-refractivity contribution in [3.63, 3.8) is 0 Å². The monoisotopic (exact) mass is 447 g/mol. The molecule has 9 nitrogen and oxygen atoms in total. The molecule has 0 saturated carbocycles. The topological polar surface area (TPSA) is 93.2 Å². The number of piperazine rings is 1. The third kappa shape index (κ3) is 4.32. The molecular weight excluding hydrogens is 425 g/mol. The van der Waals surface area contributed by atoms with Gasteiger partial charge in [-0.15, -0.1) is 0 Å². The lowest BCUT2D eigenvalue weighted by molar-refractivity contribution is -0.132. The third-order valence-corrected chi connectivity index (χ3v) is 5.69. The van der Waals surface area contributed by atoms with Gasteiger partial charge in [0.25, 0.3) is 5.89 Å². The van der Waals surface area contributed by atoms with Gasteiger partial charge >= 0.3 is 0 Å². The first-order valence-electron chi connectivity index (χ1n) is 10.6. The second kappa shape index (κ2) is 8.81. The van der Waals surface area contributed by atoms with Gasteiger partial charge in [-0.3, -0.25) is 9.78 Å². The molecule has 0 N–H and O–H groups in total. The molecule has 0 atom stereocenters. The lowest BCUT2D eigenvalue weighted by atomic mass is 10.2. The number of nitrogens with zero attached hydrogens (tertiary/aromatic N) is 7. The summed E-state index contributed by atoms with van der Waals surface area (Å²) in [5.41, 5.74) is 1.88. The van der Waals surface area contributed by atoms with Gasteiger partial charge in [0.1, 0.15) is 23.9 Å². The maximum Gasteiger partial charge on any atom is 0.258 e. The molecule has 0 unspecified atom stereocenters. The Morgan fingerprint density at radius 3 is 2.58 bits per heavy atom. The quantitative estimate of drug-likeness (QED) is 0.464. The van der Waals surface area contributed by atoms with E-state index in [0.717, 1.165) is 5.56 Å². The highest BCUT2D eigenvalue weighted by Gasteiger charge is 2.24. The molecule has 1 amide bonds. The zero-order valence-corrected chi connectivity index (χ0v) is 18.1. The summed E-state index contributed by atoms with van der Waals surface area (Å²) in [7, 11) is 0. The molecule has 168 valence electrons. The highest BCUT2D eigenvalue weighted by atomic mass is 19.1. The Labute approximate surface area is 189 Å². The normalized spacial score (nSPS) is 14.0. The number of benzene rings is 1. The molecule has 4 aromatic rings. The maximum atomic E-state index is 14.0. The number of imidazole rings is 1. The molecule has 1 aliphatic heterocycles. The van der Waals surface area contributed by atoms with Crippen molar-refractivity contribution in [3.8, 4) is 23.0 Å².